The van der Waals surface area contributed by atoms with E-state index in [0.717, 1.165) is 17.5 Å². The third kappa shape index (κ3) is 4.95. The smallest absolute Gasteiger partial charge is 0.260 e. The Balaban J connectivity index is 0.000000212. The van der Waals surface area contributed by atoms with E-state index >= 15 is 0 Å². The molecule has 0 saturated carbocycles. The zero-order valence-corrected chi connectivity index (χ0v) is 19.3. The molecule has 1 aromatic carbocycles. The van der Waals surface area contributed by atoms with Crippen LogP contribution in [-0.4, -0.2) is 25.1 Å². The highest BCUT2D eigenvalue weighted by atomic mass is 35.5. The van der Waals surface area contributed by atoms with Crippen molar-refractivity contribution in [3.05, 3.63) is 81.3 Å². The van der Waals surface area contributed by atoms with E-state index in [1.54, 1.807) is 29.1 Å². The van der Waals surface area contributed by atoms with Gasteiger partial charge in [-0.15, -0.1) is 5.10 Å². The van der Waals surface area contributed by atoms with Crippen LogP contribution in [0.4, 0.5) is 5.82 Å². The number of carbonyl (C=O) groups excluding carboxylic acids is 1. The normalized spacial score (nSPS) is 11.3. The van der Waals surface area contributed by atoms with Crippen LogP contribution in [0.5, 0.6) is 0 Å². The minimum absolute atomic E-state index is 0.0802. The van der Waals surface area contributed by atoms with E-state index in [1.165, 1.54) is 10.7 Å². The van der Waals surface area contributed by atoms with Gasteiger partial charge in [0, 0.05) is 43.0 Å². The highest BCUT2D eigenvalue weighted by molar-refractivity contribution is 6.35. The molecule has 9 N–H and O–H groups in total. The maximum absolute atomic E-state index is 12.7. The van der Waals surface area contributed by atoms with Gasteiger partial charge in [0.25, 0.3) is 11.5 Å². The molecule has 0 aliphatic carbocycles. The Morgan fingerprint density at radius 1 is 1.29 bits per heavy atom. The number of hydrogen-bond donors (Lipinski definition) is 5. The van der Waals surface area contributed by atoms with Crippen LogP contribution in [0.2, 0.25) is 5.02 Å². The van der Waals surface area contributed by atoms with Gasteiger partial charge in [-0.1, -0.05) is 30.7 Å². The van der Waals surface area contributed by atoms with E-state index < -0.39 is 5.91 Å². The quantitative estimate of drug-likeness (QED) is 0.200. The number of primary amides is 1. The molecular weight excluding hydrogens is 458 g/mol. The minimum Gasteiger partial charge on any atom is -0.403 e. The molecule has 12 heteroatoms. The van der Waals surface area contributed by atoms with E-state index in [2.05, 4.69) is 15.5 Å². The van der Waals surface area contributed by atoms with Gasteiger partial charge in [-0.3, -0.25) is 15.4 Å². The molecule has 4 aromatic rings. The molecule has 0 fully saturated rings. The number of halogens is 1. The lowest BCUT2D eigenvalue weighted by Crippen LogP contribution is -2.27. The third-order valence-electron chi connectivity index (χ3n) is 5.20. The predicted octanol–water partition coefficient (Wildman–Crippen LogP) is 1.28. The number of hydrazine groups is 1. The summed E-state index contributed by atoms with van der Waals surface area (Å²) in [5, 5.41) is 5.76. The van der Waals surface area contributed by atoms with Crippen LogP contribution < -0.4 is 34.0 Å². The highest BCUT2D eigenvalue weighted by Crippen LogP contribution is 2.21. The Bertz CT molecular complexity index is 1430. The molecule has 0 aliphatic rings. The first-order valence-corrected chi connectivity index (χ1v) is 10.8. The fraction of sp³-hybridized carbons (Fsp3) is 0.182. The van der Waals surface area contributed by atoms with E-state index in [9.17, 15) is 9.59 Å². The number of aryl methyl sites for hydroxylation is 1. The van der Waals surface area contributed by atoms with Gasteiger partial charge >= 0.3 is 0 Å². The van der Waals surface area contributed by atoms with Gasteiger partial charge in [0.2, 0.25) is 0 Å². The Morgan fingerprint density at radius 2 is 2.06 bits per heavy atom. The number of nitrogens with two attached hydrogens (primary N) is 4. The summed E-state index contributed by atoms with van der Waals surface area (Å²) in [6.45, 7) is 2.51. The average molecular weight is 484 g/mol. The van der Waals surface area contributed by atoms with Crippen molar-refractivity contribution in [1.82, 2.24) is 24.6 Å². The largest absolute Gasteiger partial charge is 0.403 e. The Hall–Kier alpha value is -4.09. The molecular formula is C22H26ClN9O2. The van der Waals surface area contributed by atoms with Crippen LogP contribution in [0.3, 0.4) is 0 Å². The fourth-order valence-electron chi connectivity index (χ4n) is 3.52. The second kappa shape index (κ2) is 10.7. The van der Waals surface area contributed by atoms with Crippen molar-refractivity contribution in [2.45, 2.75) is 26.3 Å². The van der Waals surface area contributed by atoms with Gasteiger partial charge in [-0.05, 0) is 30.0 Å². The summed E-state index contributed by atoms with van der Waals surface area (Å²) in [5.74, 6) is 4.85. The molecule has 0 spiro atoms. The van der Waals surface area contributed by atoms with Crippen LogP contribution in [0, 0.1) is 0 Å². The summed E-state index contributed by atoms with van der Waals surface area (Å²) in [6, 6.07) is 9.17. The van der Waals surface area contributed by atoms with Crippen LogP contribution in [0.1, 0.15) is 29.4 Å². The molecule has 3 heterocycles. The molecule has 0 unspecified atom stereocenters. The number of hydrogen-bond acceptors (Lipinski definition) is 8. The van der Waals surface area contributed by atoms with E-state index in [4.69, 9.17) is 34.6 Å². The van der Waals surface area contributed by atoms with Crippen molar-refractivity contribution >= 4 is 39.7 Å². The molecule has 11 nitrogen and oxygen atoms in total. The zero-order valence-electron chi connectivity index (χ0n) is 18.5. The first kappa shape index (κ1) is 24.6. The molecule has 178 valence electrons. The first-order valence-electron chi connectivity index (χ1n) is 10.4. The number of rotatable bonds is 6. The van der Waals surface area contributed by atoms with Crippen molar-refractivity contribution in [3.63, 3.8) is 0 Å². The lowest BCUT2D eigenvalue weighted by atomic mass is 10.1. The van der Waals surface area contributed by atoms with E-state index in [0.29, 0.717) is 34.7 Å². The molecule has 34 heavy (non-hydrogen) atoms. The van der Waals surface area contributed by atoms with E-state index in [-0.39, 0.29) is 16.9 Å². The van der Waals surface area contributed by atoms with E-state index in [1.807, 2.05) is 25.1 Å². The summed E-state index contributed by atoms with van der Waals surface area (Å²) >= 11 is 6.17. The lowest BCUT2D eigenvalue weighted by molar-refractivity contribution is 0.100. The molecule has 0 radical (unpaired) electrons. The number of amides is 1. The van der Waals surface area contributed by atoms with Gasteiger partial charge in [-0.25, -0.2) is 9.50 Å². The van der Waals surface area contributed by atoms with Gasteiger partial charge in [0.1, 0.15) is 5.56 Å². The maximum atomic E-state index is 12.7. The molecule has 0 saturated heterocycles. The number of fused-ring (bicyclic) bond motifs is 2. The Labute approximate surface area is 200 Å². The number of benzene rings is 1. The lowest BCUT2D eigenvalue weighted by Gasteiger charge is -2.15. The van der Waals surface area contributed by atoms with Gasteiger partial charge in [0.15, 0.2) is 11.5 Å². The van der Waals surface area contributed by atoms with Gasteiger partial charge in [0.05, 0.1) is 10.4 Å². The van der Waals surface area contributed by atoms with Crippen LogP contribution in [0.15, 0.2) is 59.4 Å². The number of nitrogens with zero attached hydrogens (tertiary/aromatic N) is 4. The highest BCUT2D eigenvalue weighted by Gasteiger charge is 2.15. The van der Waals surface area contributed by atoms with Crippen molar-refractivity contribution in [1.29, 1.82) is 0 Å². The van der Waals surface area contributed by atoms with Crippen molar-refractivity contribution in [2.24, 2.45) is 17.3 Å². The van der Waals surface area contributed by atoms with Crippen molar-refractivity contribution < 1.29 is 4.79 Å². The molecule has 1 amide bonds. The summed E-state index contributed by atoms with van der Waals surface area (Å²) < 4.78 is 3.14. The second-order valence-corrected chi connectivity index (χ2v) is 7.66. The topological polar surface area (TPSA) is 185 Å². The number of carbonyl (C=O) groups is 1. The van der Waals surface area contributed by atoms with Crippen molar-refractivity contribution in [3.8, 4) is 0 Å². The molecule has 3 aromatic heterocycles. The SMILES string of the molecule is CCc1cc2cccc(Cl)c2c(=O)n1CC/C(=C/N)NN.NC(=O)c1c(N)nn2cccnc12. The summed E-state index contributed by atoms with van der Waals surface area (Å²) in [4.78, 5) is 27.6. The van der Waals surface area contributed by atoms with Gasteiger partial charge < -0.3 is 27.2 Å². The first-order chi connectivity index (χ1) is 16.3. The average Bonchev–Trinajstić information content (AvgIpc) is 3.16. The Morgan fingerprint density at radius 3 is 2.71 bits per heavy atom. The maximum Gasteiger partial charge on any atom is 0.260 e. The summed E-state index contributed by atoms with van der Waals surface area (Å²) in [6.07, 6.45) is 5.91. The standard InChI is InChI=1S/C15H19ClN4O.C7H7N5O/c1-2-12-8-10-4-3-5-13(16)14(10)15(21)20(12)7-6-11(9-17)19-18;8-5-4(6(9)13)7-10-2-1-3-12(7)11-5/h3-5,8-9,19H,2,6-7,17-18H2,1H3;1-3H,(H2,8,11)(H2,9,13)/b11-9-;. The molecule has 0 bridgehead atoms. The molecule has 4 rings (SSSR count). The zero-order chi connectivity index (χ0) is 24.8. The number of nitrogens with one attached hydrogen (secondary N) is 1. The van der Waals surface area contributed by atoms with Crippen LogP contribution in [-0.2, 0) is 13.0 Å². The number of aromatic nitrogens is 4. The summed E-state index contributed by atoms with van der Waals surface area (Å²) in [7, 11) is 0. The number of nitrogen functional groups attached to an aromatic ring is 1. The predicted molar refractivity (Wildman–Crippen MR) is 133 cm³/mol. The second-order valence-electron chi connectivity index (χ2n) is 7.25. The van der Waals surface area contributed by atoms with Crippen LogP contribution >= 0.6 is 11.6 Å². The number of allylic oxidation sites excluding steroid dienone is 1. The molecule has 0 aliphatic heterocycles. The van der Waals surface area contributed by atoms with Crippen LogP contribution in [0.25, 0.3) is 16.4 Å². The number of anilines is 1. The monoisotopic (exact) mass is 483 g/mol. The summed E-state index contributed by atoms with van der Waals surface area (Å²) in [5.41, 5.74) is 20.7. The fourth-order valence-corrected chi connectivity index (χ4v) is 3.79. The number of pyridine rings is 1. The third-order valence-corrected chi connectivity index (χ3v) is 5.51. The molecule has 0 atom stereocenters. The Kier molecular flexibility index (Phi) is 7.71. The minimum atomic E-state index is -0.619. The van der Waals surface area contributed by atoms with Crippen molar-refractivity contribution in [2.75, 3.05) is 5.73 Å². The van der Waals surface area contributed by atoms with Gasteiger partial charge in [-0.2, -0.15) is 0 Å².